The Bertz CT molecular complexity index is 1040. The van der Waals surface area contributed by atoms with Gasteiger partial charge in [0.25, 0.3) is 0 Å². The lowest BCUT2D eigenvalue weighted by Crippen LogP contribution is -1.97. The van der Waals surface area contributed by atoms with Crippen LogP contribution >= 0.6 is 22.9 Å². The molecule has 0 amide bonds. The van der Waals surface area contributed by atoms with Crippen LogP contribution in [-0.4, -0.2) is 15.0 Å². The van der Waals surface area contributed by atoms with Crippen LogP contribution in [0.25, 0.3) is 20.8 Å². The number of thiazole rings is 1. The van der Waals surface area contributed by atoms with Crippen molar-refractivity contribution in [2.45, 2.75) is 13.8 Å². The van der Waals surface area contributed by atoms with Crippen LogP contribution in [0.2, 0.25) is 5.15 Å². The molecular formula is C19H15ClN4S. The minimum absolute atomic E-state index is 0.427. The number of rotatable bonds is 3. The van der Waals surface area contributed by atoms with E-state index in [9.17, 15) is 0 Å². The number of hydrogen-bond donors (Lipinski definition) is 1. The zero-order chi connectivity index (χ0) is 17.4. The number of aromatic nitrogens is 3. The minimum Gasteiger partial charge on any atom is -0.340 e. The molecule has 2 heterocycles. The second-order valence-corrected chi connectivity index (χ2v) is 7.23. The summed E-state index contributed by atoms with van der Waals surface area (Å²) < 4.78 is 1.21. The number of nitrogens with zero attached hydrogens (tertiary/aromatic N) is 3. The molecule has 0 aliphatic heterocycles. The predicted molar refractivity (Wildman–Crippen MR) is 105 cm³/mol. The summed E-state index contributed by atoms with van der Waals surface area (Å²) in [5, 5.41) is 4.69. The molecule has 0 saturated carbocycles. The summed E-state index contributed by atoms with van der Waals surface area (Å²) in [6, 6.07) is 16.2. The molecule has 0 aliphatic rings. The Kier molecular flexibility index (Phi) is 4.11. The molecule has 2 aromatic heterocycles. The van der Waals surface area contributed by atoms with Gasteiger partial charge in [-0.1, -0.05) is 17.7 Å². The molecule has 0 saturated heterocycles. The van der Waals surface area contributed by atoms with Crippen LogP contribution in [0.5, 0.6) is 0 Å². The standard InChI is InChI=1S/C19H15ClN4S/c1-11-3-8-15-16(9-11)25-19(24-15)13-4-6-14(7-5-13)23-18-10-17(20)21-12(2)22-18/h3-10H,1-2H3,(H,21,22,23). The van der Waals surface area contributed by atoms with Crippen LogP contribution < -0.4 is 5.32 Å². The number of hydrogen-bond acceptors (Lipinski definition) is 5. The van der Waals surface area contributed by atoms with E-state index in [0.717, 1.165) is 21.8 Å². The molecule has 0 unspecified atom stereocenters. The Morgan fingerprint density at radius 3 is 2.48 bits per heavy atom. The molecule has 0 fully saturated rings. The van der Waals surface area contributed by atoms with Gasteiger partial charge < -0.3 is 5.32 Å². The first-order valence-corrected chi connectivity index (χ1v) is 9.02. The highest BCUT2D eigenvalue weighted by Gasteiger charge is 2.07. The zero-order valence-corrected chi connectivity index (χ0v) is 15.3. The van der Waals surface area contributed by atoms with Gasteiger partial charge in [-0.3, -0.25) is 0 Å². The van der Waals surface area contributed by atoms with Gasteiger partial charge in [-0.05, 0) is 55.8 Å². The van der Waals surface area contributed by atoms with Gasteiger partial charge in [0.15, 0.2) is 0 Å². The van der Waals surface area contributed by atoms with Crippen molar-refractivity contribution < 1.29 is 0 Å². The maximum Gasteiger partial charge on any atom is 0.135 e. The molecule has 0 aliphatic carbocycles. The molecule has 124 valence electrons. The first-order chi connectivity index (χ1) is 12.1. The minimum atomic E-state index is 0.427. The number of benzene rings is 2. The van der Waals surface area contributed by atoms with Gasteiger partial charge in [0.2, 0.25) is 0 Å². The molecule has 0 bridgehead atoms. The Balaban J connectivity index is 1.60. The van der Waals surface area contributed by atoms with E-state index in [1.54, 1.807) is 17.4 Å². The lowest BCUT2D eigenvalue weighted by Gasteiger charge is -2.07. The molecule has 0 radical (unpaired) electrons. The Morgan fingerprint density at radius 2 is 1.72 bits per heavy atom. The maximum absolute atomic E-state index is 5.97. The molecule has 4 nitrogen and oxygen atoms in total. The zero-order valence-electron chi connectivity index (χ0n) is 13.7. The smallest absolute Gasteiger partial charge is 0.135 e. The summed E-state index contributed by atoms with van der Waals surface area (Å²) in [6.45, 7) is 3.91. The van der Waals surface area contributed by atoms with Crippen molar-refractivity contribution in [1.29, 1.82) is 0 Å². The summed E-state index contributed by atoms with van der Waals surface area (Å²) in [5.41, 5.74) is 4.33. The van der Waals surface area contributed by atoms with Crippen molar-refractivity contribution in [2.75, 3.05) is 5.32 Å². The van der Waals surface area contributed by atoms with E-state index in [4.69, 9.17) is 16.6 Å². The van der Waals surface area contributed by atoms with Crippen LogP contribution in [0.4, 0.5) is 11.5 Å². The van der Waals surface area contributed by atoms with Gasteiger partial charge in [-0.2, -0.15) is 0 Å². The summed E-state index contributed by atoms with van der Waals surface area (Å²) in [6.07, 6.45) is 0. The topological polar surface area (TPSA) is 50.7 Å². The highest BCUT2D eigenvalue weighted by Crippen LogP contribution is 2.31. The lowest BCUT2D eigenvalue weighted by molar-refractivity contribution is 1.06. The average molecular weight is 367 g/mol. The average Bonchev–Trinajstić information content (AvgIpc) is 2.97. The fraction of sp³-hybridized carbons (Fsp3) is 0.105. The van der Waals surface area contributed by atoms with Gasteiger partial charge >= 0.3 is 0 Å². The van der Waals surface area contributed by atoms with Crippen LogP contribution in [0.15, 0.2) is 48.5 Å². The Labute approximate surface area is 154 Å². The van der Waals surface area contributed by atoms with E-state index in [-0.39, 0.29) is 0 Å². The third kappa shape index (κ3) is 3.48. The number of nitrogens with one attached hydrogen (secondary N) is 1. The quantitative estimate of drug-likeness (QED) is 0.468. The third-order valence-corrected chi connectivity index (χ3v) is 5.02. The van der Waals surface area contributed by atoms with Gasteiger partial charge in [0.1, 0.15) is 21.8 Å². The van der Waals surface area contributed by atoms with Gasteiger partial charge in [-0.15, -0.1) is 11.3 Å². The fourth-order valence-corrected chi connectivity index (χ4v) is 3.89. The van der Waals surface area contributed by atoms with Gasteiger partial charge in [0.05, 0.1) is 10.2 Å². The lowest BCUT2D eigenvalue weighted by atomic mass is 10.2. The molecule has 25 heavy (non-hydrogen) atoms. The number of halogens is 1. The van der Waals surface area contributed by atoms with E-state index in [0.29, 0.717) is 16.8 Å². The van der Waals surface area contributed by atoms with E-state index in [1.807, 2.05) is 19.1 Å². The van der Waals surface area contributed by atoms with Crippen LogP contribution in [0, 0.1) is 13.8 Å². The van der Waals surface area contributed by atoms with Crippen molar-refractivity contribution in [3.05, 3.63) is 65.1 Å². The second-order valence-electron chi connectivity index (χ2n) is 5.82. The summed E-state index contributed by atoms with van der Waals surface area (Å²) in [5.74, 6) is 1.32. The largest absolute Gasteiger partial charge is 0.340 e. The molecule has 4 aromatic rings. The fourth-order valence-electron chi connectivity index (χ4n) is 2.59. The number of anilines is 2. The van der Waals surface area contributed by atoms with Crippen molar-refractivity contribution >= 4 is 44.7 Å². The molecule has 4 rings (SSSR count). The van der Waals surface area contributed by atoms with Crippen molar-refractivity contribution in [3.8, 4) is 10.6 Å². The molecule has 0 atom stereocenters. The third-order valence-electron chi connectivity index (χ3n) is 3.75. The molecule has 0 spiro atoms. The SMILES string of the molecule is Cc1ccc2nc(-c3ccc(Nc4cc(Cl)nc(C)n4)cc3)sc2c1. The van der Waals surface area contributed by atoms with E-state index in [2.05, 4.69) is 52.5 Å². The normalized spacial score (nSPS) is 11.0. The highest BCUT2D eigenvalue weighted by molar-refractivity contribution is 7.21. The van der Waals surface area contributed by atoms with Crippen LogP contribution in [-0.2, 0) is 0 Å². The van der Waals surface area contributed by atoms with Crippen molar-refractivity contribution in [3.63, 3.8) is 0 Å². The first-order valence-electron chi connectivity index (χ1n) is 7.83. The number of aryl methyl sites for hydroxylation is 2. The Morgan fingerprint density at radius 1 is 0.920 bits per heavy atom. The summed E-state index contributed by atoms with van der Waals surface area (Å²) in [7, 11) is 0. The van der Waals surface area contributed by atoms with Gasteiger partial charge in [-0.25, -0.2) is 15.0 Å². The van der Waals surface area contributed by atoms with Crippen molar-refractivity contribution in [2.24, 2.45) is 0 Å². The van der Waals surface area contributed by atoms with E-state index >= 15 is 0 Å². The van der Waals surface area contributed by atoms with Crippen LogP contribution in [0.1, 0.15) is 11.4 Å². The summed E-state index contributed by atoms with van der Waals surface area (Å²) in [4.78, 5) is 13.1. The van der Waals surface area contributed by atoms with Crippen molar-refractivity contribution in [1.82, 2.24) is 15.0 Å². The Hall–Kier alpha value is -2.50. The molecule has 2 aromatic carbocycles. The van der Waals surface area contributed by atoms with Gasteiger partial charge in [0, 0.05) is 17.3 Å². The highest BCUT2D eigenvalue weighted by atomic mass is 35.5. The molecular weight excluding hydrogens is 352 g/mol. The molecule has 1 N–H and O–H groups in total. The van der Waals surface area contributed by atoms with E-state index in [1.165, 1.54) is 10.3 Å². The monoisotopic (exact) mass is 366 g/mol. The molecule has 6 heteroatoms. The second kappa shape index (κ2) is 6.43. The predicted octanol–water partition coefficient (Wildman–Crippen LogP) is 5.77. The van der Waals surface area contributed by atoms with E-state index < -0.39 is 0 Å². The maximum atomic E-state index is 5.97. The number of fused-ring (bicyclic) bond motifs is 1. The first kappa shape index (κ1) is 16.0. The summed E-state index contributed by atoms with van der Waals surface area (Å²) >= 11 is 7.68. The van der Waals surface area contributed by atoms with Crippen LogP contribution in [0.3, 0.4) is 0 Å².